The molecule has 3 aromatic carbocycles. The van der Waals surface area contributed by atoms with Gasteiger partial charge in [-0.2, -0.15) is 0 Å². The predicted octanol–water partition coefficient (Wildman–Crippen LogP) is 5.06. The molecule has 0 unspecified atom stereocenters. The first-order valence-electron chi connectivity index (χ1n) is 10.1. The van der Waals surface area contributed by atoms with Crippen LogP contribution in [0, 0.1) is 0 Å². The highest BCUT2D eigenvalue weighted by Crippen LogP contribution is 2.34. The molecule has 0 saturated carbocycles. The van der Waals surface area contributed by atoms with E-state index in [4.69, 9.17) is 4.74 Å². The van der Waals surface area contributed by atoms with E-state index in [1.807, 2.05) is 66.7 Å². The number of ether oxygens (including phenoxy) is 1. The van der Waals surface area contributed by atoms with Crippen LogP contribution in [0.15, 0.2) is 78.9 Å². The summed E-state index contributed by atoms with van der Waals surface area (Å²) in [5, 5.41) is 2.72. The van der Waals surface area contributed by atoms with Crippen molar-refractivity contribution in [3.05, 3.63) is 101 Å². The molecule has 4 rings (SSSR count). The fourth-order valence-corrected chi connectivity index (χ4v) is 3.50. The second kappa shape index (κ2) is 9.22. The standard InChI is InChI=1S/C26H21NO4/c28-24-21-12-5-4-11-20(21)23-16-18(13-14-22(23)25(24)29)8-6-7-15-27-26(30)31-17-19-9-2-1-3-10-19/h1-6,8-14,16H,7,15,17H2,(H,27,30). The molecule has 1 N–H and O–H groups in total. The minimum absolute atomic E-state index is 0.236. The molecule has 0 spiro atoms. The highest BCUT2D eigenvalue weighted by atomic mass is 16.5. The van der Waals surface area contributed by atoms with Gasteiger partial charge in [-0.1, -0.05) is 72.8 Å². The van der Waals surface area contributed by atoms with Gasteiger partial charge in [-0.3, -0.25) is 9.59 Å². The minimum atomic E-state index is -0.470. The lowest BCUT2D eigenvalue weighted by Gasteiger charge is -2.18. The first kappa shape index (κ1) is 20.3. The van der Waals surface area contributed by atoms with Gasteiger partial charge in [0.05, 0.1) is 0 Å². The molecule has 31 heavy (non-hydrogen) atoms. The van der Waals surface area contributed by atoms with Gasteiger partial charge in [0.1, 0.15) is 6.61 Å². The molecule has 5 heteroatoms. The number of carbonyl (C=O) groups excluding carboxylic acids is 3. The van der Waals surface area contributed by atoms with Gasteiger partial charge in [-0.05, 0) is 40.8 Å². The minimum Gasteiger partial charge on any atom is -0.445 e. The fraction of sp³-hybridized carbons (Fsp3) is 0.115. The maximum absolute atomic E-state index is 12.4. The van der Waals surface area contributed by atoms with E-state index in [9.17, 15) is 14.4 Å². The van der Waals surface area contributed by atoms with Gasteiger partial charge in [-0.15, -0.1) is 0 Å². The molecule has 0 heterocycles. The van der Waals surface area contributed by atoms with Gasteiger partial charge in [0.2, 0.25) is 11.6 Å². The van der Waals surface area contributed by atoms with Crippen molar-refractivity contribution in [1.82, 2.24) is 5.32 Å². The van der Waals surface area contributed by atoms with Gasteiger partial charge in [-0.25, -0.2) is 4.79 Å². The number of benzene rings is 3. The molecule has 3 aromatic rings. The van der Waals surface area contributed by atoms with Crippen molar-refractivity contribution < 1.29 is 19.1 Å². The van der Waals surface area contributed by atoms with Crippen molar-refractivity contribution in [3.8, 4) is 11.1 Å². The van der Waals surface area contributed by atoms with Gasteiger partial charge in [0.25, 0.3) is 0 Å². The third kappa shape index (κ3) is 4.61. The van der Waals surface area contributed by atoms with Crippen molar-refractivity contribution in [1.29, 1.82) is 0 Å². The molecule has 0 aliphatic heterocycles. The Morgan fingerprint density at radius 2 is 1.48 bits per heavy atom. The van der Waals surface area contributed by atoms with Crippen LogP contribution < -0.4 is 5.32 Å². The maximum Gasteiger partial charge on any atom is 0.407 e. The van der Waals surface area contributed by atoms with Gasteiger partial charge >= 0.3 is 6.09 Å². The summed E-state index contributed by atoms with van der Waals surface area (Å²) < 4.78 is 5.17. The fourth-order valence-electron chi connectivity index (χ4n) is 3.50. The number of amides is 1. The third-order valence-corrected chi connectivity index (χ3v) is 5.06. The number of rotatable bonds is 6. The maximum atomic E-state index is 12.4. The molecular weight excluding hydrogens is 390 g/mol. The van der Waals surface area contributed by atoms with E-state index in [0.29, 0.717) is 24.1 Å². The number of carbonyl (C=O) groups is 3. The molecule has 1 aliphatic carbocycles. The Morgan fingerprint density at radius 3 is 2.26 bits per heavy atom. The summed E-state index contributed by atoms with van der Waals surface area (Å²) in [5.41, 5.74) is 4.28. The number of hydrogen-bond donors (Lipinski definition) is 1. The van der Waals surface area contributed by atoms with Crippen LogP contribution in [0.1, 0.15) is 38.3 Å². The molecule has 0 atom stereocenters. The van der Waals surface area contributed by atoms with E-state index in [-0.39, 0.29) is 6.61 Å². The van der Waals surface area contributed by atoms with E-state index in [0.717, 1.165) is 22.3 Å². The lowest BCUT2D eigenvalue weighted by Crippen LogP contribution is -2.24. The molecule has 0 saturated heterocycles. The van der Waals surface area contributed by atoms with E-state index in [2.05, 4.69) is 5.32 Å². The zero-order chi connectivity index (χ0) is 21.6. The zero-order valence-corrected chi connectivity index (χ0v) is 16.8. The van der Waals surface area contributed by atoms with Crippen LogP contribution in [0.3, 0.4) is 0 Å². The molecule has 0 fully saturated rings. The lowest BCUT2D eigenvalue weighted by atomic mass is 9.83. The quantitative estimate of drug-likeness (QED) is 0.454. The topological polar surface area (TPSA) is 72.5 Å². The van der Waals surface area contributed by atoms with Gasteiger partial charge < -0.3 is 10.1 Å². The Hall–Kier alpha value is -3.99. The number of alkyl carbamates (subject to hydrolysis) is 1. The van der Waals surface area contributed by atoms with Crippen LogP contribution in [0.5, 0.6) is 0 Å². The van der Waals surface area contributed by atoms with Gasteiger partial charge in [0, 0.05) is 17.7 Å². The molecule has 0 aromatic heterocycles. The largest absolute Gasteiger partial charge is 0.445 e. The number of hydrogen-bond acceptors (Lipinski definition) is 4. The first-order valence-corrected chi connectivity index (χ1v) is 10.1. The summed E-state index contributed by atoms with van der Waals surface area (Å²) in [5.74, 6) is -0.931. The van der Waals surface area contributed by atoms with Crippen LogP contribution in [-0.2, 0) is 11.3 Å². The molecule has 0 radical (unpaired) electrons. The van der Waals surface area contributed by atoms with Crippen molar-refractivity contribution in [2.75, 3.05) is 6.54 Å². The molecule has 5 nitrogen and oxygen atoms in total. The molecule has 0 bridgehead atoms. The Kier molecular flexibility index (Phi) is 6.03. The molecular formula is C26H21NO4. The SMILES string of the molecule is O=C(NCCC=Cc1ccc2c(c1)-c1ccccc1C(=O)C2=O)OCc1ccccc1. The van der Waals surface area contributed by atoms with Crippen LogP contribution in [0.4, 0.5) is 4.79 Å². The van der Waals surface area contributed by atoms with Crippen LogP contribution in [0.2, 0.25) is 0 Å². The Balaban J connectivity index is 1.33. The number of ketones is 2. The van der Waals surface area contributed by atoms with E-state index in [1.54, 1.807) is 18.2 Å². The van der Waals surface area contributed by atoms with Crippen LogP contribution >= 0.6 is 0 Å². The van der Waals surface area contributed by atoms with Crippen LogP contribution in [-0.4, -0.2) is 24.2 Å². The Morgan fingerprint density at radius 1 is 0.806 bits per heavy atom. The summed E-state index contributed by atoms with van der Waals surface area (Å²) in [6.45, 7) is 0.686. The van der Waals surface area contributed by atoms with E-state index in [1.165, 1.54) is 0 Å². The number of Topliss-reactive ketones (excluding diaryl/α,β-unsaturated/α-hetero) is 2. The zero-order valence-electron chi connectivity index (χ0n) is 16.8. The highest BCUT2D eigenvalue weighted by Gasteiger charge is 2.29. The summed E-state index contributed by atoms with van der Waals surface area (Å²) in [6.07, 6.45) is 4.05. The average molecular weight is 411 g/mol. The Labute approximate surface area is 180 Å². The third-order valence-electron chi connectivity index (χ3n) is 5.06. The first-order chi connectivity index (χ1) is 15.1. The normalized spacial score (nSPS) is 12.4. The number of nitrogens with one attached hydrogen (secondary N) is 1. The summed E-state index contributed by atoms with van der Waals surface area (Å²) >= 11 is 0. The van der Waals surface area contributed by atoms with Crippen molar-refractivity contribution in [2.24, 2.45) is 0 Å². The molecule has 1 aliphatic rings. The average Bonchev–Trinajstić information content (AvgIpc) is 2.81. The second-order valence-corrected chi connectivity index (χ2v) is 7.19. The highest BCUT2D eigenvalue weighted by molar-refractivity contribution is 6.53. The van der Waals surface area contributed by atoms with Crippen molar-refractivity contribution >= 4 is 23.7 Å². The van der Waals surface area contributed by atoms with Crippen LogP contribution in [0.25, 0.3) is 17.2 Å². The van der Waals surface area contributed by atoms with Gasteiger partial charge in [0.15, 0.2) is 0 Å². The van der Waals surface area contributed by atoms with Crippen molar-refractivity contribution in [2.45, 2.75) is 13.0 Å². The molecule has 154 valence electrons. The predicted molar refractivity (Wildman–Crippen MR) is 119 cm³/mol. The lowest BCUT2D eigenvalue weighted by molar-refractivity contribution is 0.0815. The monoisotopic (exact) mass is 411 g/mol. The van der Waals surface area contributed by atoms with Crippen molar-refractivity contribution in [3.63, 3.8) is 0 Å². The van der Waals surface area contributed by atoms with E-state index < -0.39 is 17.7 Å². The van der Waals surface area contributed by atoms with E-state index >= 15 is 0 Å². The summed E-state index contributed by atoms with van der Waals surface area (Å²) in [4.78, 5) is 36.4. The summed E-state index contributed by atoms with van der Waals surface area (Å²) in [6, 6.07) is 22.1. The molecule has 1 amide bonds. The smallest absolute Gasteiger partial charge is 0.407 e. The second-order valence-electron chi connectivity index (χ2n) is 7.19. The summed E-state index contributed by atoms with van der Waals surface area (Å²) in [7, 11) is 0. The Bertz CT molecular complexity index is 1170. The number of fused-ring (bicyclic) bond motifs is 3.